The molecule has 1 N–H and O–H groups in total. The second kappa shape index (κ2) is 8.47. The zero-order valence-electron chi connectivity index (χ0n) is 16.3. The highest BCUT2D eigenvalue weighted by atomic mass is 35.5. The topological polar surface area (TPSA) is 68.5 Å². The molecular weight excluding hydrogens is 413 g/mol. The molecule has 0 spiro atoms. The van der Waals surface area contributed by atoms with Gasteiger partial charge in [0.15, 0.2) is 0 Å². The molecule has 0 aliphatic rings. The Bertz CT molecular complexity index is 1100. The number of benzene rings is 2. The van der Waals surface area contributed by atoms with E-state index >= 15 is 0 Å². The number of hydrogen-bond donors (Lipinski definition) is 1. The van der Waals surface area contributed by atoms with E-state index in [1.54, 1.807) is 31.2 Å². The first-order valence-electron chi connectivity index (χ1n) is 9.25. The molecule has 0 radical (unpaired) electrons. The predicted molar refractivity (Wildman–Crippen MR) is 114 cm³/mol. The number of phenols is 1. The van der Waals surface area contributed by atoms with Gasteiger partial charge in [-0.1, -0.05) is 30.1 Å². The Morgan fingerprint density at radius 1 is 1.14 bits per heavy atom. The van der Waals surface area contributed by atoms with Crippen LogP contribution >= 0.6 is 23.2 Å². The van der Waals surface area contributed by atoms with Crippen molar-refractivity contribution < 1.29 is 19.4 Å². The van der Waals surface area contributed by atoms with Crippen LogP contribution in [0.4, 0.5) is 0 Å². The molecule has 0 aliphatic heterocycles. The summed E-state index contributed by atoms with van der Waals surface area (Å²) in [5, 5.41) is 11.2. The Morgan fingerprint density at radius 3 is 2.52 bits per heavy atom. The van der Waals surface area contributed by atoms with Gasteiger partial charge in [0.1, 0.15) is 5.75 Å². The number of aromatic hydroxyl groups is 1. The lowest BCUT2D eigenvalue weighted by atomic mass is 10.1. The maximum Gasteiger partial charge on any atom is 0.310 e. The average Bonchev–Trinajstić information content (AvgIpc) is 2.94. The number of fused-ring (bicyclic) bond motifs is 1. The number of carbonyl (C=O) groups excluding carboxylic acids is 2. The quantitative estimate of drug-likeness (QED) is 0.536. The molecule has 1 atom stereocenters. The Morgan fingerprint density at radius 2 is 1.86 bits per heavy atom. The third kappa shape index (κ3) is 4.26. The number of halogens is 2. The standard InChI is InChI=1S/C22H21Cl2NO4/c1-4-12(2)29-21(27)11-16-13(3)25(20-8-6-15(26)10-17(16)20)22(28)14-5-7-18(23)19(24)9-14/h5-10,12,26H,4,11H2,1-3H3. The first kappa shape index (κ1) is 21.2. The predicted octanol–water partition coefficient (Wildman–Crippen LogP) is 5.53. The van der Waals surface area contributed by atoms with Crippen LogP contribution in [-0.2, 0) is 16.0 Å². The lowest BCUT2D eigenvalue weighted by molar-refractivity contribution is -0.147. The second-order valence-electron chi connectivity index (χ2n) is 6.92. The number of esters is 1. The maximum atomic E-state index is 13.2. The average molecular weight is 434 g/mol. The smallest absolute Gasteiger partial charge is 0.310 e. The Kier molecular flexibility index (Phi) is 6.20. The van der Waals surface area contributed by atoms with Gasteiger partial charge >= 0.3 is 5.97 Å². The number of nitrogens with zero attached hydrogens (tertiary/aromatic N) is 1. The van der Waals surface area contributed by atoms with Crippen molar-refractivity contribution in [3.05, 3.63) is 63.3 Å². The number of ether oxygens (including phenoxy) is 1. The monoisotopic (exact) mass is 433 g/mol. The van der Waals surface area contributed by atoms with Crippen molar-refractivity contribution >= 4 is 46.0 Å². The number of hydrogen-bond acceptors (Lipinski definition) is 4. The Hall–Kier alpha value is -2.50. The van der Waals surface area contributed by atoms with Crippen LogP contribution in [0.2, 0.25) is 10.0 Å². The molecule has 5 nitrogen and oxygen atoms in total. The van der Waals surface area contributed by atoms with Gasteiger partial charge in [0.05, 0.1) is 28.1 Å². The fourth-order valence-corrected chi connectivity index (χ4v) is 3.51. The SMILES string of the molecule is CCC(C)OC(=O)Cc1c(C)n(C(=O)c2ccc(Cl)c(Cl)c2)c2ccc(O)cc12. The fraction of sp³-hybridized carbons (Fsp3) is 0.273. The van der Waals surface area contributed by atoms with Crippen molar-refractivity contribution in [1.82, 2.24) is 4.57 Å². The van der Waals surface area contributed by atoms with Crippen LogP contribution in [0.15, 0.2) is 36.4 Å². The molecule has 0 amide bonds. The van der Waals surface area contributed by atoms with Crippen molar-refractivity contribution in [2.24, 2.45) is 0 Å². The number of phenolic OH excluding ortho intramolecular Hbond substituents is 1. The molecule has 2 aromatic carbocycles. The summed E-state index contributed by atoms with van der Waals surface area (Å²) in [7, 11) is 0. The molecular formula is C22H21Cl2NO4. The summed E-state index contributed by atoms with van der Waals surface area (Å²) in [4.78, 5) is 25.6. The van der Waals surface area contributed by atoms with Gasteiger partial charge in [0.25, 0.3) is 5.91 Å². The first-order valence-corrected chi connectivity index (χ1v) is 10.0. The number of carbonyl (C=O) groups is 2. The molecule has 0 saturated carbocycles. The van der Waals surface area contributed by atoms with Gasteiger partial charge in [-0.2, -0.15) is 0 Å². The molecule has 0 aliphatic carbocycles. The van der Waals surface area contributed by atoms with Gasteiger partial charge in [-0.05, 0) is 62.2 Å². The summed E-state index contributed by atoms with van der Waals surface area (Å²) in [5.41, 5.74) is 2.18. The molecule has 1 heterocycles. The molecule has 3 rings (SSSR count). The lowest BCUT2D eigenvalue weighted by Gasteiger charge is -2.11. The summed E-state index contributed by atoms with van der Waals surface area (Å²) in [6.07, 6.45) is 0.517. The first-order chi connectivity index (χ1) is 13.7. The van der Waals surface area contributed by atoms with E-state index in [1.165, 1.54) is 16.7 Å². The van der Waals surface area contributed by atoms with Gasteiger partial charge < -0.3 is 9.84 Å². The molecule has 1 aromatic heterocycles. The summed E-state index contributed by atoms with van der Waals surface area (Å²) in [6.45, 7) is 5.52. The van der Waals surface area contributed by atoms with Crippen molar-refractivity contribution in [2.75, 3.05) is 0 Å². The second-order valence-corrected chi connectivity index (χ2v) is 7.73. The van der Waals surface area contributed by atoms with Crippen molar-refractivity contribution in [3.8, 4) is 5.75 Å². The van der Waals surface area contributed by atoms with Crippen molar-refractivity contribution in [2.45, 2.75) is 39.7 Å². The van der Waals surface area contributed by atoms with Crippen molar-refractivity contribution in [3.63, 3.8) is 0 Å². The minimum atomic E-state index is -0.383. The summed E-state index contributed by atoms with van der Waals surface area (Å²) >= 11 is 12.0. The maximum absolute atomic E-state index is 13.2. The molecule has 29 heavy (non-hydrogen) atoms. The summed E-state index contributed by atoms with van der Waals surface area (Å²) < 4.78 is 6.91. The van der Waals surface area contributed by atoms with E-state index in [0.717, 1.165) is 0 Å². The zero-order valence-corrected chi connectivity index (χ0v) is 17.8. The van der Waals surface area contributed by atoms with E-state index in [0.29, 0.717) is 39.2 Å². The van der Waals surface area contributed by atoms with E-state index in [9.17, 15) is 14.7 Å². The lowest BCUT2D eigenvalue weighted by Crippen LogP contribution is -2.17. The largest absolute Gasteiger partial charge is 0.508 e. The van der Waals surface area contributed by atoms with Crippen LogP contribution in [0.1, 0.15) is 41.9 Å². The highest BCUT2D eigenvalue weighted by molar-refractivity contribution is 6.42. The molecule has 152 valence electrons. The van der Waals surface area contributed by atoms with Gasteiger partial charge in [0, 0.05) is 16.6 Å². The summed E-state index contributed by atoms with van der Waals surface area (Å²) in [5.74, 6) is -0.640. The van der Waals surface area contributed by atoms with E-state index in [4.69, 9.17) is 27.9 Å². The fourth-order valence-electron chi connectivity index (χ4n) is 3.21. The van der Waals surface area contributed by atoms with Crippen LogP contribution in [0.5, 0.6) is 5.75 Å². The van der Waals surface area contributed by atoms with Gasteiger partial charge in [0.2, 0.25) is 0 Å². The number of aromatic nitrogens is 1. The molecule has 0 fully saturated rings. The Labute approximate surface area is 178 Å². The van der Waals surface area contributed by atoms with E-state index in [-0.39, 0.29) is 35.2 Å². The van der Waals surface area contributed by atoms with Crippen LogP contribution in [0, 0.1) is 6.92 Å². The van der Waals surface area contributed by atoms with Gasteiger partial charge in [-0.15, -0.1) is 0 Å². The van der Waals surface area contributed by atoms with E-state index in [1.807, 2.05) is 13.8 Å². The molecule has 7 heteroatoms. The van der Waals surface area contributed by atoms with Gasteiger partial charge in [-0.25, -0.2) is 0 Å². The highest BCUT2D eigenvalue weighted by Crippen LogP contribution is 2.31. The van der Waals surface area contributed by atoms with Crippen LogP contribution in [0.3, 0.4) is 0 Å². The van der Waals surface area contributed by atoms with Crippen LogP contribution < -0.4 is 0 Å². The third-order valence-corrected chi connectivity index (χ3v) is 5.66. The third-order valence-electron chi connectivity index (χ3n) is 4.92. The molecule has 0 saturated heterocycles. The summed E-state index contributed by atoms with van der Waals surface area (Å²) in [6, 6.07) is 9.37. The molecule has 1 unspecified atom stereocenters. The van der Waals surface area contributed by atoms with Crippen molar-refractivity contribution in [1.29, 1.82) is 0 Å². The van der Waals surface area contributed by atoms with Crippen LogP contribution in [-0.4, -0.2) is 27.7 Å². The van der Waals surface area contributed by atoms with Crippen LogP contribution in [0.25, 0.3) is 10.9 Å². The van der Waals surface area contributed by atoms with E-state index in [2.05, 4.69) is 0 Å². The minimum absolute atomic E-state index is 0.00220. The van der Waals surface area contributed by atoms with Gasteiger partial charge in [-0.3, -0.25) is 14.2 Å². The molecule has 0 bridgehead atoms. The minimum Gasteiger partial charge on any atom is -0.508 e. The number of rotatable bonds is 5. The molecule has 3 aromatic rings. The zero-order chi connectivity index (χ0) is 21.3. The highest BCUT2D eigenvalue weighted by Gasteiger charge is 2.23. The Balaban J connectivity index is 2.10. The normalized spacial score (nSPS) is 12.2. The van der Waals surface area contributed by atoms with E-state index < -0.39 is 0 Å².